The minimum atomic E-state index is -3.01. The summed E-state index contributed by atoms with van der Waals surface area (Å²) in [6, 6.07) is 8.36. The predicted molar refractivity (Wildman–Crippen MR) is 108 cm³/mol. The number of hydrogen-bond acceptors (Lipinski definition) is 3. The number of Topliss-reactive ketones (excluding diaryl/α,β-unsaturated/α-hetero) is 1. The van der Waals surface area contributed by atoms with Crippen molar-refractivity contribution in [3.63, 3.8) is 0 Å². The number of benzene rings is 1. The molecule has 0 N–H and O–H groups in total. The second kappa shape index (κ2) is 8.69. The van der Waals surface area contributed by atoms with Gasteiger partial charge in [-0.2, -0.15) is 0 Å². The largest absolute Gasteiger partial charge is 0.300 e. The van der Waals surface area contributed by atoms with E-state index in [1.807, 2.05) is 12.1 Å². The third kappa shape index (κ3) is 6.22. The molecule has 1 fully saturated rings. The molecule has 1 aromatic carbocycles. The fraction of sp³-hybridized carbons (Fsp3) is 0.682. The van der Waals surface area contributed by atoms with Crippen LogP contribution in [0, 0.1) is 11.8 Å². The maximum atomic E-state index is 12.4. The van der Waals surface area contributed by atoms with Crippen molar-refractivity contribution in [1.29, 1.82) is 0 Å². The Balaban J connectivity index is 1.80. The predicted octanol–water partition coefficient (Wildman–Crippen LogP) is 4.77. The molecule has 1 aliphatic carbocycles. The lowest BCUT2D eigenvalue weighted by Crippen LogP contribution is -2.34. The fourth-order valence-corrected chi connectivity index (χ4v) is 5.25. The topological polar surface area (TPSA) is 51.2 Å². The normalized spacial score (nSPS) is 21.5. The van der Waals surface area contributed by atoms with Crippen molar-refractivity contribution < 1.29 is 13.2 Å². The van der Waals surface area contributed by atoms with Crippen molar-refractivity contribution in [3.8, 4) is 0 Å². The van der Waals surface area contributed by atoms with Gasteiger partial charge in [-0.1, -0.05) is 37.1 Å². The van der Waals surface area contributed by atoms with Gasteiger partial charge in [0, 0.05) is 6.42 Å². The molecule has 0 atom stereocenters. The zero-order valence-electron chi connectivity index (χ0n) is 16.8. The van der Waals surface area contributed by atoms with E-state index in [1.165, 1.54) is 5.56 Å². The van der Waals surface area contributed by atoms with Gasteiger partial charge < -0.3 is 0 Å². The van der Waals surface area contributed by atoms with Crippen LogP contribution in [0.4, 0.5) is 0 Å². The quantitative estimate of drug-likeness (QED) is 0.687. The van der Waals surface area contributed by atoms with Crippen molar-refractivity contribution in [3.05, 3.63) is 35.4 Å². The van der Waals surface area contributed by atoms with Gasteiger partial charge in [-0.25, -0.2) is 8.42 Å². The van der Waals surface area contributed by atoms with Crippen molar-refractivity contribution in [1.82, 2.24) is 0 Å². The van der Waals surface area contributed by atoms with Crippen LogP contribution < -0.4 is 0 Å². The van der Waals surface area contributed by atoms with Crippen LogP contribution in [0.5, 0.6) is 0 Å². The van der Waals surface area contributed by atoms with Gasteiger partial charge in [0.05, 0.1) is 10.5 Å². The number of carbonyl (C=O) groups excluding carboxylic acids is 1. The molecule has 4 heteroatoms. The van der Waals surface area contributed by atoms with Crippen LogP contribution in [-0.2, 0) is 27.5 Å². The van der Waals surface area contributed by atoms with E-state index >= 15 is 0 Å². The number of rotatable bonds is 7. The average molecular weight is 379 g/mol. The average Bonchev–Trinajstić information content (AvgIpc) is 2.52. The van der Waals surface area contributed by atoms with Crippen molar-refractivity contribution in [2.75, 3.05) is 5.75 Å². The fourth-order valence-electron chi connectivity index (χ4n) is 3.80. The number of ketones is 1. The van der Waals surface area contributed by atoms with Gasteiger partial charge >= 0.3 is 0 Å². The first-order chi connectivity index (χ1) is 12.1. The Labute approximate surface area is 159 Å². The van der Waals surface area contributed by atoms with Crippen molar-refractivity contribution >= 4 is 15.6 Å². The van der Waals surface area contributed by atoms with E-state index in [2.05, 4.69) is 12.1 Å². The highest BCUT2D eigenvalue weighted by molar-refractivity contribution is 7.92. The highest BCUT2D eigenvalue weighted by atomic mass is 32.2. The first-order valence-corrected chi connectivity index (χ1v) is 11.5. The van der Waals surface area contributed by atoms with E-state index in [1.54, 1.807) is 27.7 Å². The minimum Gasteiger partial charge on any atom is -0.300 e. The third-order valence-electron chi connectivity index (χ3n) is 5.64. The zero-order chi connectivity index (χ0) is 19.4. The molecule has 0 radical (unpaired) electrons. The standard InChI is InChI=1S/C22H34O3S/c1-17(23)14-21-7-5-6-19(15-21)11-8-18-9-12-20(13-10-18)16-26(24,25)22(2,3)4/h5-7,15,18,20H,8-14,16H2,1-4H3. The maximum Gasteiger partial charge on any atom is 0.155 e. The molecule has 0 spiro atoms. The molecule has 0 unspecified atom stereocenters. The van der Waals surface area contributed by atoms with E-state index in [0.717, 1.165) is 44.1 Å². The Kier molecular flexibility index (Phi) is 7.06. The monoisotopic (exact) mass is 378 g/mol. The Morgan fingerprint density at radius 2 is 1.62 bits per heavy atom. The van der Waals surface area contributed by atoms with Crippen LogP contribution in [0.15, 0.2) is 24.3 Å². The van der Waals surface area contributed by atoms with E-state index in [-0.39, 0.29) is 5.78 Å². The SMILES string of the molecule is CC(=O)Cc1cccc(CCC2CCC(CS(=O)(=O)C(C)(C)C)CC2)c1. The summed E-state index contributed by atoms with van der Waals surface area (Å²) in [5.74, 6) is 1.57. The molecule has 0 bridgehead atoms. The molecule has 1 aliphatic rings. The van der Waals surface area contributed by atoms with Crippen LogP contribution in [-0.4, -0.2) is 24.7 Å². The van der Waals surface area contributed by atoms with E-state index in [0.29, 0.717) is 24.0 Å². The smallest absolute Gasteiger partial charge is 0.155 e. The van der Waals surface area contributed by atoms with Crippen LogP contribution in [0.25, 0.3) is 0 Å². The molecule has 146 valence electrons. The lowest BCUT2D eigenvalue weighted by Gasteiger charge is -2.30. The molecule has 3 nitrogen and oxygen atoms in total. The highest BCUT2D eigenvalue weighted by Gasteiger charge is 2.33. The zero-order valence-corrected chi connectivity index (χ0v) is 17.6. The number of sulfone groups is 1. The lowest BCUT2D eigenvalue weighted by molar-refractivity contribution is -0.116. The summed E-state index contributed by atoms with van der Waals surface area (Å²) in [4.78, 5) is 11.3. The molecule has 1 saturated carbocycles. The number of carbonyl (C=O) groups is 1. The molecule has 26 heavy (non-hydrogen) atoms. The Hall–Kier alpha value is -1.16. The van der Waals surface area contributed by atoms with Gasteiger partial charge in [0.1, 0.15) is 5.78 Å². The highest BCUT2D eigenvalue weighted by Crippen LogP contribution is 2.34. The molecule has 0 aromatic heterocycles. The summed E-state index contributed by atoms with van der Waals surface area (Å²) in [5.41, 5.74) is 2.41. The van der Waals surface area contributed by atoms with Crippen LogP contribution in [0.2, 0.25) is 0 Å². The summed E-state index contributed by atoms with van der Waals surface area (Å²) in [5, 5.41) is 0. The summed E-state index contributed by atoms with van der Waals surface area (Å²) in [6.07, 6.45) is 7.05. The third-order valence-corrected chi connectivity index (χ3v) is 8.42. The molecular weight excluding hydrogens is 344 g/mol. The Morgan fingerprint density at radius 3 is 2.19 bits per heavy atom. The molecule has 0 heterocycles. The number of hydrogen-bond donors (Lipinski definition) is 0. The Bertz CT molecular complexity index is 705. The van der Waals surface area contributed by atoms with Gasteiger partial charge in [-0.3, -0.25) is 4.79 Å². The molecule has 1 aromatic rings. The van der Waals surface area contributed by atoms with Gasteiger partial charge in [-0.15, -0.1) is 0 Å². The van der Waals surface area contributed by atoms with Gasteiger partial charge in [0.25, 0.3) is 0 Å². The van der Waals surface area contributed by atoms with E-state index in [9.17, 15) is 13.2 Å². The molecular formula is C22H34O3S. The summed E-state index contributed by atoms with van der Waals surface area (Å²) in [7, 11) is -3.01. The maximum absolute atomic E-state index is 12.4. The van der Waals surface area contributed by atoms with Gasteiger partial charge in [0.15, 0.2) is 9.84 Å². The second-order valence-electron chi connectivity index (χ2n) is 9.02. The lowest BCUT2D eigenvalue weighted by atomic mass is 9.80. The van der Waals surface area contributed by atoms with Crippen LogP contribution >= 0.6 is 0 Å². The first kappa shape index (κ1) is 21.1. The van der Waals surface area contributed by atoms with E-state index in [4.69, 9.17) is 0 Å². The molecule has 0 amide bonds. The van der Waals surface area contributed by atoms with Gasteiger partial charge in [0.2, 0.25) is 0 Å². The summed E-state index contributed by atoms with van der Waals surface area (Å²) >= 11 is 0. The first-order valence-electron chi connectivity index (χ1n) is 9.86. The van der Waals surface area contributed by atoms with Gasteiger partial charge in [-0.05, 0) is 76.3 Å². The van der Waals surface area contributed by atoms with Crippen LogP contribution in [0.1, 0.15) is 70.9 Å². The number of aryl methyl sites for hydroxylation is 1. The minimum absolute atomic E-state index is 0.200. The van der Waals surface area contributed by atoms with E-state index < -0.39 is 14.6 Å². The van der Waals surface area contributed by atoms with Crippen molar-refractivity contribution in [2.45, 2.75) is 77.4 Å². The second-order valence-corrected chi connectivity index (χ2v) is 11.8. The molecule has 0 aliphatic heterocycles. The summed E-state index contributed by atoms with van der Waals surface area (Å²) < 4.78 is 24.1. The summed E-state index contributed by atoms with van der Waals surface area (Å²) in [6.45, 7) is 7.03. The molecule has 2 rings (SSSR count). The van der Waals surface area contributed by atoms with Crippen molar-refractivity contribution in [2.24, 2.45) is 11.8 Å². The van der Waals surface area contributed by atoms with Crippen LogP contribution in [0.3, 0.4) is 0 Å². The Morgan fingerprint density at radius 1 is 1.04 bits per heavy atom. The molecule has 0 saturated heterocycles.